The van der Waals surface area contributed by atoms with Crippen molar-refractivity contribution in [3.63, 3.8) is 0 Å². The van der Waals surface area contributed by atoms with Crippen LogP contribution >= 0.6 is 0 Å². The van der Waals surface area contributed by atoms with Crippen molar-refractivity contribution in [1.82, 2.24) is 10.3 Å². The topological polar surface area (TPSA) is 133 Å². The van der Waals surface area contributed by atoms with E-state index in [9.17, 15) is 14.4 Å². The summed E-state index contributed by atoms with van der Waals surface area (Å²) < 4.78 is 10.6. The van der Waals surface area contributed by atoms with Gasteiger partial charge in [0, 0.05) is 18.7 Å². The molecule has 0 aromatic carbocycles. The molecule has 1 aromatic rings. The molecule has 2 rings (SSSR count). The molecule has 130 valence electrons. The van der Waals surface area contributed by atoms with E-state index < -0.39 is 35.7 Å². The molecule has 24 heavy (non-hydrogen) atoms. The van der Waals surface area contributed by atoms with Crippen LogP contribution in [0, 0.1) is 0 Å². The quantitative estimate of drug-likeness (QED) is 0.735. The van der Waals surface area contributed by atoms with E-state index in [4.69, 9.17) is 15.2 Å². The van der Waals surface area contributed by atoms with Gasteiger partial charge in [-0.25, -0.2) is 4.79 Å². The van der Waals surface area contributed by atoms with E-state index in [1.807, 2.05) is 0 Å². The maximum atomic E-state index is 12.1. The number of fused-ring (bicyclic) bond motifs is 1. The zero-order chi connectivity index (χ0) is 17.9. The van der Waals surface area contributed by atoms with Gasteiger partial charge < -0.3 is 25.8 Å². The molecule has 3 amide bonds. The van der Waals surface area contributed by atoms with E-state index in [0.717, 1.165) is 0 Å². The van der Waals surface area contributed by atoms with Gasteiger partial charge in [-0.1, -0.05) is 0 Å². The highest BCUT2D eigenvalue weighted by molar-refractivity contribution is 5.98. The van der Waals surface area contributed by atoms with Crippen molar-refractivity contribution in [3.05, 3.63) is 18.5 Å². The van der Waals surface area contributed by atoms with Crippen LogP contribution in [0.3, 0.4) is 0 Å². The summed E-state index contributed by atoms with van der Waals surface area (Å²) in [6, 6.07) is 0.474. The number of nitrogens with two attached hydrogens (primary N) is 1. The molecule has 4 N–H and O–H groups in total. The second-order valence-electron chi connectivity index (χ2n) is 6.30. The number of aromatic nitrogens is 1. The van der Waals surface area contributed by atoms with Crippen molar-refractivity contribution in [3.8, 4) is 5.75 Å². The minimum absolute atomic E-state index is 0.123. The van der Waals surface area contributed by atoms with Crippen molar-refractivity contribution in [1.29, 1.82) is 0 Å². The fraction of sp³-hybridized carbons (Fsp3) is 0.467. The minimum Gasteiger partial charge on any atom is -0.478 e. The van der Waals surface area contributed by atoms with Gasteiger partial charge >= 0.3 is 6.09 Å². The van der Waals surface area contributed by atoms with Crippen molar-refractivity contribution >= 4 is 23.6 Å². The fourth-order valence-corrected chi connectivity index (χ4v) is 2.06. The summed E-state index contributed by atoms with van der Waals surface area (Å²) in [4.78, 5) is 39.3. The van der Waals surface area contributed by atoms with Gasteiger partial charge in [0.25, 0.3) is 5.91 Å². The van der Waals surface area contributed by atoms with Crippen molar-refractivity contribution in [2.45, 2.75) is 44.9 Å². The second-order valence-corrected chi connectivity index (χ2v) is 6.30. The molecule has 9 nitrogen and oxygen atoms in total. The third-order valence-corrected chi connectivity index (χ3v) is 3.08. The number of alkyl carbamates (subject to hydrolysis) is 1. The highest BCUT2D eigenvalue weighted by Gasteiger charge is 2.33. The van der Waals surface area contributed by atoms with Crippen LogP contribution in [0.25, 0.3) is 0 Å². The number of ether oxygens (including phenoxy) is 2. The van der Waals surface area contributed by atoms with Gasteiger partial charge in [-0.05, 0) is 20.8 Å². The molecule has 2 atom stereocenters. The molecule has 9 heteroatoms. The lowest BCUT2D eigenvalue weighted by atomic mass is 10.1. The number of carbonyl (C=O) groups is 3. The number of rotatable bonds is 4. The van der Waals surface area contributed by atoms with Gasteiger partial charge in [0.1, 0.15) is 23.1 Å². The lowest BCUT2D eigenvalue weighted by Crippen LogP contribution is -2.50. The molecule has 0 saturated carbocycles. The van der Waals surface area contributed by atoms with Gasteiger partial charge in [-0.15, -0.1) is 0 Å². The third kappa shape index (κ3) is 4.58. The van der Waals surface area contributed by atoms with Crippen LogP contribution in [0.15, 0.2) is 18.5 Å². The van der Waals surface area contributed by atoms with Crippen LogP contribution in [0.2, 0.25) is 0 Å². The van der Waals surface area contributed by atoms with E-state index in [1.165, 1.54) is 12.4 Å². The number of nitrogens with one attached hydrogen (secondary N) is 2. The Balaban J connectivity index is 2.04. The van der Waals surface area contributed by atoms with Crippen molar-refractivity contribution in [2.75, 3.05) is 5.32 Å². The number of primary amides is 1. The molecule has 1 aliphatic rings. The standard InChI is InChI=1S/C15H20N4O5/c1-15(2,3)24-14(22)19-8(12(16)20)6-11-13(21)18-9-7-17-5-4-10(9)23-11/h4-5,7-8,11H,6H2,1-3H3,(H2,16,20)(H,18,21)(H,19,22)/t8-,11-/m0/s1. The molecule has 0 saturated heterocycles. The normalized spacial score (nSPS) is 17.8. The van der Waals surface area contributed by atoms with Crippen LogP contribution in [0.4, 0.5) is 10.5 Å². The first-order valence-corrected chi connectivity index (χ1v) is 7.36. The molecule has 1 aliphatic heterocycles. The molecule has 0 fully saturated rings. The Morgan fingerprint density at radius 2 is 2.21 bits per heavy atom. The van der Waals surface area contributed by atoms with Gasteiger partial charge in [-0.3, -0.25) is 14.6 Å². The average Bonchev–Trinajstić information content (AvgIpc) is 2.45. The summed E-state index contributed by atoms with van der Waals surface area (Å²) >= 11 is 0. The summed E-state index contributed by atoms with van der Waals surface area (Å²) in [6.07, 6.45) is 1.06. The first-order valence-electron chi connectivity index (χ1n) is 7.36. The number of hydrogen-bond acceptors (Lipinski definition) is 6. The largest absolute Gasteiger partial charge is 0.478 e. The predicted octanol–water partition coefficient (Wildman–Crippen LogP) is 0.550. The number of hydrogen-bond donors (Lipinski definition) is 3. The summed E-state index contributed by atoms with van der Waals surface area (Å²) in [5.74, 6) is -0.819. The van der Waals surface area contributed by atoms with E-state index in [0.29, 0.717) is 11.4 Å². The fourth-order valence-electron chi connectivity index (χ4n) is 2.06. The van der Waals surface area contributed by atoms with E-state index in [2.05, 4.69) is 15.6 Å². The Morgan fingerprint density at radius 3 is 2.83 bits per heavy atom. The molecule has 2 heterocycles. The molecule has 1 aromatic heterocycles. The van der Waals surface area contributed by atoms with Crippen LogP contribution < -0.4 is 21.1 Å². The van der Waals surface area contributed by atoms with Crippen LogP contribution in [-0.4, -0.2) is 40.6 Å². The maximum absolute atomic E-state index is 12.1. The predicted molar refractivity (Wildman–Crippen MR) is 84.3 cm³/mol. The van der Waals surface area contributed by atoms with Gasteiger partial charge in [0.15, 0.2) is 6.10 Å². The monoisotopic (exact) mass is 336 g/mol. The zero-order valence-corrected chi connectivity index (χ0v) is 13.7. The SMILES string of the molecule is CC(C)(C)OC(=O)N[C@@H](C[C@@H]1Oc2ccncc2NC1=O)C(N)=O. The first-order chi connectivity index (χ1) is 11.2. The highest BCUT2D eigenvalue weighted by atomic mass is 16.6. The molecule has 0 unspecified atom stereocenters. The van der Waals surface area contributed by atoms with E-state index in [1.54, 1.807) is 26.8 Å². The molecule has 0 spiro atoms. The summed E-state index contributed by atoms with van der Waals surface area (Å²) in [5.41, 5.74) is 5.01. The van der Waals surface area contributed by atoms with Gasteiger partial charge in [-0.2, -0.15) is 0 Å². The van der Waals surface area contributed by atoms with Crippen molar-refractivity contribution in [2.24, 2.45) is 5.73 Å². The third-order valence-electron chi connectivity index (χ3n) is 3.08. The Hall–Kier alpha value is -2.84. The number of carbonyl (C=O) groups excluding carboxylic acids is 3. The van der Waals surface area contributed by atoms with Crippen LogP contribution in [-0.2, 0) is 14.3 Å². The molecular weight excluding hydrogens is 316 g/mol. The lowest BCUT2D eigenvalue weighted by molar-refractivity contribution is -0.125. The number of anilines is 1. The number of pyridine rings is 1. The van der Waals surface area contributed by atoms with Crippen molar-refractivity contribution < 1.29 is 23.9 Å². The van der Waals surface area contributed by atoms with Gasteiger partial charge in [0.05, 0.1) is 6.20 Å². The van der Waals surface area contributed by atoms with E-state index >= 15 is 0 Å². The van der Waals surface area contributed by atoms with Crippen LogP contribution in [0.1, 0.15) is 27.2 Å². The molecule has 0 radical (unpaired) electrons. The smallest absolute Gasteiger partial charge is 0.408 e. The minimum atomic E-state index is -1.11. The summed E-state index contributed by atoms with van der Waals surface area (Å²) in [5, 5.41) is 4.98. The van der Waals surface area contributed by atoms with E-state index in [-0.39, 0.29) is 6.42 Å². The first kappa shape index (κ1) is 17.5. The summed E-state index contributed by atoms with van der Waals surface area (Å²) in [6.45, 7) is 5.07. The second kappa shape index (κ2) is 6.73. The number of nitrogens with zero attached hydrogens (tertiary/aromatic N) is 1. The molecule has 0 aliphatic carbocycles. The Morgan fingerprint density at radius 1 is 1.50 bits per heavy atom. The summed E-state index contributed by atoms with van der Waals surface area (Å²) in [7, 11) is 0. The zero-order valence-electron chi connectivity index (χ0n) is 13.7. The average molecular weight is 336 g/mol. The van der Waals surface area contributed by atoms with Gasteiger partial charge in [0.2, 0.25) is 5.91 Å². The lowest BCUT2D eigenvalue weighted by Gasteiger charge is -2.28. The Kier molecular flexibility index (Phi) is 4.91. The van der Waals surface area contributed by atoms with Crippen LogP contribution in [0.5, 0.6) is 5.75 Å². The Bertz CT molecular complexity index is 656. The maximum Gasteiger partial charge on any atom is 0.408 e. The number of amides is 3. The Labute approximate surface area is 138 Å². The molecular formula is C15H20N4O5. The molecule has 0 bridgehead atoms. The highest BCUT2D eigenvalue weighted by Crippen LogP contribution is 2.29.